The van der Waals surface area contributed by atoms with E-state index in [9.17, 15) is 4.79 Å². The minimum absolute atomic E-state index is 0.175. The van der Waals surface area contributed by atoms with Crippen molar-refractivity contribution < 1.29 is 14.3 Å². The van der Waals surface area contributed by atoms with Crippen LogP contribution < -0.4 is 10.1 Å². The Bertz CT molecular complexity index is 789. The Labute approximate surface area is 127 Å². The van der Waals surface area contributed by atoms with Gasteiger partial charge in [0.25, 0.3) is 0 Å². The van der Waals surface area contributed by atoms with Gasteiger partial charge in [-0.2, -0.15) is 5.10 Å². The van der Waals surface area contributed by atoms with E-state index in [1.54, 1.807) is 7.11 Å². The third kappa shape index (κ3) is 1.73. The Morgan fingerprint density at radius 2 is 2.09 bits per heavy atom. The molecule has 0 bridgehead atoms. The van der Waals surface area contributed by atoms with Gasteiger partial charge >= 0.3 is 5.97 Å². The van der Waals surface area contributed by atoms with Crippen molar-refractivity contribution in [1.82, 2.24) is 10.2 Å². The van der Waals surface area contributed by atoms with Crippen LogP contribution in [0, 0.1) is 6.92 Å². The highest BCUT2D eigenvalue weighted by molar-refractivity contribution is 5.97. The average molecular weight is 297 g/mol. The molecule has 0 spiro atoms. The Balaban J connectivity index is 1.89. The topological polar surface area (TPSA) is 76.2 Å². The van der Waals surface area contributed by atoms with Gasteiger partial charge in [0.2, 0.25) is 0 Å². The first-order valence-electron chi connectivity index (χ1n) is 7.05. The number of H-pyrrole nitrogens is 1. The Hall–Kier alpha value is -2.76. The third-order valence-electron chi connectivity index (χ3n) is 4.18. The number of cyclic esters (lactones) is 1. The molecule has 3 heterocycles. The summed E-state index contributed by atoms with van der Waals surface area (Å²) in [4.78, 5) is 12.2. The summed E-state index contributed by atoms with van der Waals surface area (Å²) in [6.07, 6.45) is 0. The van der Waals surface area contributed by atoms with E-state index in [0.717, 1.165) is 34.1 Å². The van der Waals surface area contributed by atoms with Crippen molar-refractivity contribution in [2.24, 2.45) is 0 Å². The number of nitrogens with one attached hydrogen (secondary N) is 2. The fourth-order valence-electron chi connectivity index (χ4n) is 3.12. The molecule has 1 atom stereocenters. The van der Waals surface area contributed by atoms with E-state index < -0.39 is 0 Å². The number of nitrogens with zero attached hydrogens (tertiary/aromatic N) is 1. The highest BCUT2D eigenvalue weighted by Gasteiger charge is 2.40. The number of rotatable bonds is 2. The van der Waals surface area contributed by atoms with E-state index in [-0.39, 0.29) is 18.5 Å². The minimum atomic E-state index is -0.269. The summed E-state index contributed by atoms with van der Waals surface area (Å²) < 4.78 is 10.4. The van der Waals surface area contributed by atoms with Gasteiger partial charge in [-0.15, -0.1) is 0 Å². The van der Waals surface area contributed by atoms with Crippen molar-refractivity contribution in [3.63, 3.8) is 0 Å². The zero-order valence-electron chi connectivity index (χ0n) is 12.3. The van der Waals surface area contributed by atoms with Crippen LogP contribution in [0.4, 0.5) is 5.82 Å². The number of fused-ring (bicyclic) bond motifs is 1. The molecule has 4 rings (SSSR count). The fraction of sp³-hybridized carbons (Fsp3) is 0.250. The Kier molecular flexibility index (Phi) is 2.72. The number of ether oxygens (including phenoxy) is 2. The van der Waals surface area contributed by atoms with E-state index in [4.69, 9.17) is 9.47 Å². The van der Waals surface area contributed by atoms with Crippen molar-refractivity contribution in [2.75, 3.05) is 19.0 Å². The molecule has 0 amide bonds. The van der Waals surface area contributed by atoms with Crippen LogP contribution in [0.5, 0.6) is 5.75 Å². The normalized spacial score (nSPS) is 19.4. The molecular weight excluding hydrogens is 282 g/mol. The first kappa shape index (κ1) is 12.9. The van der Waals surface area contributed by atoms with E-state index in [0.29, 0.717) is 5.57 Å². The highest BCUT2D eigenvalue weighted by atomic mass is 16.5. The first-order valence-corrected chi connectivity index (χ1v) is 7.05. The predicted molar refractivity (Wildman–Crippen MR) is 79.8 cm³/mol. The number of aromatic amines is 1. The van der Waals surface area contributed by atoms with E-state index >= 15 is 0 Å². The number of carbonyl (C=O) groups excluding carboxylic acids is 1. The fourth-order valence-corrected chi connectivity index (χ4v) is 3.12. The van der Waals surface area contributed by atoms with Gasteiger partial charge in [-0.1, -0.05) is 12.1 Å². The lowest BCUT2D eigenvalue weighted by Crippen LogP contribution is -2.19. The average Bonchev–Trinajstić information content (AvgIpc) is 3.10. The second kappa shape index (κ2) is 4.62. The maximum atomic E-state index is 12.2. The molecule has 2 N–H and O–H groups in total. The van der Waals surface area contributed by atoms with Gasteiger partial charge < -0.3 is 14.8 Å². The van der Waals surface area contributed by atoms with Crippen molar-refractivity contribution >= 4 is 11.8 Å². The van der Waals surface area contributed by atoms with Crippen LogP contribution in [0.1, 0.15) is 22.7 Å². The molecule has 0 saturated heterocycles. The summed E-state index contributed by atoms with van der Waals surface area (Å²) in [5, 5.41) is 10.5. The van der Waals surface area contributed by atoms with Gasteiger partial charge in [-0.25, -0.2) is 4.79 Å². The zero-order valence-corrected chi connectivity index (χ0v) is 12.3. The quantitative estimate of drug-likeness (QED) is 0.830. The van der Waals surface area contributed by atoms with Crippen LogP contribution >= 0.6 is 0 Å². The lowest BCUT2D eigenvalue weighted by Gasteiger charge is -2.24. The standard InChI is InChI=1S/C16H15N3O3/c1-8-12-13(9-3-5-10(21-2)6-4-9)14-11(7-22-16(14)20)17-15(12)19-18-8/h3-6,13H,7H2,1-2H3,(H2,17,18,19)/t13-/m1/s1. The molecule has 0 unspecified atom stereocenters. The number of methoxy groups -OCH3 is 1. The molecule has 22 heavy (non-hydrogen) atoms. The minimum Gasteiger partial charge on any atom is -0.497 e. The molecule has 1 aromatic heterocycles. The number of aromatic nitrogens is 2. The summed E-state index contributed by atoms with van der Waals surface area (Å²) in [6, 6.07) is 7.74. The number of carbonyl (C=O) groups is 1. The smallest absolute Gasteiger partial charge is 0.337 e. The van der Waals surface area contributed by atoms with Gasteiger partial charge in [0, 0.05) is 17.2 Å². The first-order chi connectivity index (χ1) is 10.7. The van der Waals surface area contributed by atoms with Crippen LogP contribution in [0.3, 0.4) is 0 Å². The third-order valence-corrected chi connectivity index (χ3v) is 4.18. The van der Waals surface area contributed by atoms with Gasteiger partial charge in [0.15, 0.2) is 5.82 Å². The van der Waals surface area contributed by atoms with E-state index in [1.165, 1.54) is 0 Å². The summed E-state index contributed by atoms with van der Waals surface area (Å²) in [5.41, 5.74) is 4.41. The molecule has 0 fully saturated rings. The summed E-state index contributed by atoms with van der Waals surface area (Å²) in [7, 11) is 1.63. The number of anilines is 1. The summed E-state index contributed by atoms with van der Waals surface area (Å²) in [5.74, 6) is 1.10. The maximum absolute atomic E-state index is 12.2. The lowest BCUT2D eigenvalue weighted by atomic mass is 9.82. The molecule has 2 aromatic rings. The van der Waals surface area contributed by atoms with Gasteiger partial charge in [0.05, 0.1) is 18.4 Å². The predicted octanol–water partition coefficient (Wildman–Crippen LogP) is 2.10. The van der Waals surface area contributed by atoms with Crippen LogP contribution in [0.15, 0.2) is 35.5 Å². The number of aryl methyl sites for hydroxylation is 1. The van der Waals surface area contributed by atoms with Crippen LogP contribution in [0.2, 0.25) is 0 Å². The monoisotopic (exact) mass is 297 g/mol. The van der Waals surface area contributed by atoms with Crippen molar-refractivity contribution in [3.8, 4) is 5.75 Å². The summed E-state index contributed by atoms with van der Waals surface area (Å²) in [6.45, 7) is 2.22. The Morgan fingerprint density at radius 1 is 1.32 bits per heavy atom. The van der Waals surface area contributed by atoms with Crippen molar-refractivity contribution in [1.29, 1.82) is 0 Å². The van der Waals surface area contributed by atoms with Gasteiger partial charge in [-0.3, -0.25) is 5.10 Å². The molecule has 0 saturated carbocycles. The maximum Gasteiger partial charge on any atom is 0.337 e. The SMILES string of the molecule is COc1ccc([C@H]2C3=C(COC3=O)Nc3n[nH]c(C)c32)cc1. The number of benzene rings is 1. The largest absolute Gasteiger partial charge is 0.497 e. The molecule has 6 heteroatoms. The summed E-state index contributed by atoms with van der Waals surface area (Å²) >= 11 is 0. The molecule has 0 radical (unpaired) electrons. The van der Waals surface area contributed by atoms with E-state index in [1.807, 2.05) is 31.2 Å². The number of hydrogen-bond acceptors (Lipinski definition) is 5. The second-order valence-corrected chi connectivity index (χ2v) is 5.41. The van der Waals surface area contributed by atoms with Crippen molar-refractivity contribution in [2.45, 2.75) is 12.8 Å². The van der Waals surface area contributed by atoms with Gasteiger partial charge in [-0.05, 0) is 24.6 Å². The molecule has 1 aromatic carbocycles. The Morgan fingerprint density at radius 3 is 2.82 bits per heavy atom. The number of hydrogen-bond donors (Lipinski definition) is 2. The van der Waals surface area contributed by atoms with E-state index in [2.05, 4.69) is 15.5 Å². The van der Waals surface area contributed by atoms with Crippen LogP contribution in [0.25, 0.3) is 0 Å². The molecule has 2 aliphatic rings. The highest BCUT2D eigenvalue weighted by Crippen LogP contribution is 2.44. The van der Waals surface area contributed by atoms with Crippen molar-refractivity contribution in [3.05, 3.63) is 52.4 Å². The molecule has 112 valence electrons. The molecule has 2 aliphatic heterocycles. The molecular formula is C16H15N3O3. The number of esters is 1. The molecule has 0 aliphatic carbocycles. The van der Waals surface area contributed by atoms with Gasteiger partial charge in [0.1, 0.15) is 12.4 Å². The lowest BCUT2D eigenvalue weighted by molar-refractivity contribution is -0.136. The van der Waals surface area contributed by atoms with Crippen LogP contribution in [-0.2, 0) is 9.53 Å². The van der Waals surface area contributed by atoms with Crippen LogP contribution in [-0.4, -0.2) is 29.9 Å². The molecule has 6 nitrogen and oxygen atoms in total. The zero-order chi connectivity index (χ0) is 15.3. The second-order valence-electron chi connectivity index (χ2n) is 5.41.